The van der Waals surface area contributed by atoms with Crippen molar-refractivity contribution >= 4 is 11.2 Å². The number of hydrogen-bond donors (Lipinski definition) is 3. The van der Waals surface area contributed by atoms with Gasteiger partial charge in [0.1, 0.15) is 17.7 Å². The Bertz CT molecular complexity index is 395. The highest BCUT2D eigenvalue weighted by molar-refractivity contribution is 5.68. The van der Waals surface area contributed by atoms with Crippen LogP contribution >= 0.6 is 0 Å². The molecule has 14 heavy (non-hydrogen) atoms. The topological polar surface area (TPSA) is 94.9 Å². The third-order valence-corrected chi connectivity index (χ3v) is 1.85. The van der Waals surface area contributed by atoms with Crippen molar-refractivity contribution in [2.45, 2.75) is 12.5 Å². The molecule has 3 N–H and O–H groups in total. The molecule has 0 amide bonds. The Morgan fingerprint density at radius 2 is 2.36 bits per heavy atom. The molecule has 6 nitrogen and oxygen atoms in total. The fourth-order valence-corrected chi connectivity index (χ4v) is 1.20. The minimum atomic E-state index is -0.788. The summed E-state index contributed by atoms with van der Waals surface area (Å²) in [6.07, 6.45) is 2.52. The summed E-state index contributed by atoms with van der Waals surface area (Å²) in [7, 11) is 0. The van der Waals surface area contributed by atoms with Gasteiger partial charge in [0.2, 0.25) is 0 Å². The number of aliphatic hydroxyl groups is 2. The van der Waals surface area contributed by atoms with Crippen LogP contribution in [0.4, 0.5) is 0 Å². The number of aromatic amines is 1. The Morgan fingerprint density at radius 1 is 1.50 bits per heavy atom. The fourth-order valence-electron chi connectivity index (χ4n) is 1.20. The predicted molar refractivity (Wildman–Crippen MR) is 48.5 cm³/mol. The maximum atomic E-state index is 9.19. The summed E-state index contributed by atoms with van der Waals surface area (Å²) in [5.74, 6) is 0.599. The molecule has 0 fully saturated rings. The predicted octanol–water partition coefficient (Wildman–Crippen LogP) is -0.751. The van der Waals surface area contributed by atoms with Crippen LogP contribution in [0.1, 0.15) is 5.82 Å². The average Bonchev–Trinajstić information content (AvgIpc) is 2.59. The smallest absolute Gasteiger partial charge is 0.180 e. The number of hydrogen-bond acceptors (Lipinski definition) is 5. The van der Waals surface area contributed by atoms with E-state index in [9.17, 15) is 5.11 Å². The lowest BCUT2D eigenvalue weighted by molar-refractivity contribution is 0.0941. The first-order valence-electron chi connectivity index (χ1n) is 4.23. The number of aromatic nitrogens is 4. The van der Waals surface area contributed by atoms with Crippen molar-refractivity contribution in [3.8, 4) is 0 Å². The van der Waals surface area contributed by atoms with E-state index in [1.54, 1.807) is 6.20 Å². The molecule has 2 heterocycles. The van der Waals surface area contributed by atoms with Crippen LogP contribution in [0.25, 0.3) is 11.2 Å². The maximum absolute atomic E-state index is 9.19. The SMILES string of the molecule is OCC(O)Cc1nc2ncncc2[nH]1. The van der Waals surface area contributed by atoms with Crippen molar-refractivity contribution in [2.24, 2.45) is 0 Å². The average molecular weight is 194 g/mol. The highest BCUT2D eigenvalue weighted by Gasteiger charge is 2.08. The number of H-pyrrole nitrogens is 1. The maximum Gasteiger partial charge on any atom is 0.180 e. The van der Waals surface area contributed by atoms with Crippen LogP contribution in [0, 0.1) is 0 Å². The van der Waals surface area contributed by atoms with Gasteiger partial charge in [0.25, 0.3) is 0 Å². The lowest BCUT2D eigenvalue weighted by Crippen LogP contribution is -2.15. The fraction of sp³-hybridized carbons (Fsp3) is 0.375. The molecule has 0 bridgehead atoms. The van der Waals surface area contributed by atoms with Crippen molar-refractivity contribution in [3.63, 3.8) is 0 Å². The summed E-state index contributed by atoms with van der Waals surface area (Å²) < 4.78 is 0. The third kappa shape index (κ3) is 1.70. The number of fused-ring (bicyclic) bond motifs is 1. The lowest BCUT2D eigenvalue weighted by Gasteiger charge is -2.02. The summed E-state index contributed by atoms with van der Waals surface area (Å²) >= 11 is 0. The largest absolute Gasteiger partial charge is 0.394 e. The summed E-state index contributed by atoms with van der Waals surface area (Å²) in [4.78, 5) is 14.8. The highest BCUT2D eigenvalue weighted by atomic mass is 16.3. The van der Waals surface area contributed by atoms with Gasteiger partial charge in [0.05, 0.1) is 18.9 Å². The van der Waals surface area contributed by atoms with E-state index in [1.165, 1.54) is 6.33 Å². The monoisotopic (exact) mass is 194 g/mol. The molecule has 1 atom stereocenters. The molecule has 0 radical (unpaired) electrons. The molecule has 6 heteroatoms. The Morgan fingerprint density at radius 3 is 3.07 bits per heavy atom. The van der Waals surface area contributed by atoms with Crippen molar-refractivity contribution < 1.29 is 10.2 Å². The molecule has 2 rings (SSSR count). The Labute approximate surface area is 79.7 Å². The Balaban J connectivity index is 2.27. The van der Waals surface area contributed by atoms with Crippen LogP contribution in [0.2, 0.25) is 0 Å². The number of imidazole rings is 1. The van der Waals surface area contributed by atoms with Gasteiger partial charge in [-0.1, -0.05) is 0 Å². The minimum absolute atomic E-state index is 0.275. The van der Waals surface area contributed by atoms with E-state index >= 15 is 0 Å². The van der Waals surface area contributed by atoms with Crippen LogP contribution in [0.15, 0.2) is 12.5 Å². The molecule has 0 aromatic carbocycles. The molecular formula is C8H10N4O2. The zero-order valence-corrected chi connectivity index (χ0v) is 7.38. The number of nitrogens with one attached hydrogen (secondary N) is 1. The van der Waals surface area contributed by atoms with Crippen LogP contribution in [-0.2, 0) is 6.42 Å². The van der Waals surface area contributed by atoms with Gasteiger partial charge in [-0.15, -0.1) is 0 Å². The standard InChI is InChI=1S/C8H10N4O2/c13-3-5(14)1-7-11-6-2-9-4-10-8(6)12-7/h2,4-5,13-14H,1,3H2,(H,9,10,11,12). The molecule has 0 aliphatic carbocycles. The summed E-state index contributed by atoms with van der Waals surface area (Å²) in [5.41, 5.74) is 1.30. The molecule has 2 aromatic rings. The second kappa shape index (κ2) is 3.69. The van der Waals surface area contributed by atoms with E-state index in [-0.39, 0.29) is 13.0 Å². The second-order valence-corrected chi connectivity index (χ2v) is 2.98. The normalized spacial score (nSPS) is 13.3. The van der Waals surface area contributed by atoms with Gasteiger partial charge in [-0.25, -0.2) is 15.0 Å². The third-order valence-electron chi connectivity index (χ3n) is 1.85. The quantitative estimate of drug-likeness (QED) is 0.597. The lowest BCUT2D eigenvalue weighted by atomic mass is 10.2. The molecule has 74 valence electrons. The molecule has 0 saturated heterocycles. The van der Waals surface area contributed by atoms with Crippen molar-refractivity contribution in [1.82, 2.24) is 19.9 Å². The molecule has 1 unspecified atom stereocenters. The van der Waals surface area contributed by atoms with Crippen LogP contribution < -0.4 is 0 Å². The van der Waals surface area contributed by atoms with Gasteiger partial charge in [-0.05, 0) is 0 Å². The first-order valence-corrected chi connectivity index (χ1v) is 4.23. The van der Waals surface area contributed by atoms with Crippen LogP contribution in [-0.4, -0.2) is 42.9 Å². The van der Waals surface area contributed by atoms with E-state index in [1.807, 2.05) is 0 Å². The van der Waals surface area contributed by atoms with Gasteiger partial charge in [-0.2, -0.15) is 0 Å². The zero-order chi connectivity index (χ0) is 9.97. The first kappa shape index (κ1) is 9.04. The zero-order valence-electron chi connectivity index (χ0n) is 7.38. The van der Waals surface area contributed by atoms with Gasteiger partial charge in [0, 0.05) is 6.42 Å². The molecule has 0 aliphatic heterocycles. The van der Waals surface area contributed by atoms with Gasteiger partial charge in [0.15, 0.2) is 5.65 Å². The molecule has 2 aromatic heterocycles. The summed E-state index contributed by atoms with van der Waals surface area (Å²) in [6.45, 7) is -0.275. The summed E-state index contributed by atoms with van der Waals surface area (Å²) in [5, 5.41) is 17.8. The van der Waals surface area contributed by atoms with Crippen molar-refractivity contribution in [2.75, 3.05) is 6.61 Å². The molecular weight excluding hydrogens is 184 g/mol. The van der Waals surface area contributed by atoms with E-state index in [2.05, 4.69) is 19.9 Å². The van der Waals surface area contributed by atoms with Gasteiger partial charge in [-0.3, -0.25) is 0 Å². The highest BCUT2D eigenvalue weighted by Crippen LogP contribution is 2.07. The van der Waals surface area contributed by atoms with Crippen molar-refractivity contribution in [1.29, 1.82) is 0 Å². The molecule has 0 spiro atoms. The van der Waals surface area contributed by atoms with E-state index in [0.29, 0.717) is 11.5 Å². The molecule has 0 saturated carbocycles. The van der Waals surface area contributed by atoms with Crippen LogP contribution in [0.5, 0.6) is 0 Å². The Kier molecular flexibility index (Phi) is 2.38. The Hall–Kier alpha value is -1.53. The summed E-state index contributed by atoms with van der Waals surface area (Å²) in [6, 6.07) is 0. The van der Waals surface area contributed by atoms with Crippen LogP contribution in [0.3, 0.4) is 0 Å². The van der Waals surface area contributed by atoms with E-state index in [0.717, 1.165) is 5.52 Å². The van der Waals surface area contributed by atoms with Crippen molar-refractivity contribution in [3.05, 3.63) is 18.3 Å². The molecule has 0 aliphatic rings. The first-order chi connectivity index (χ1) is 6.79. The van der Waals surface area contributed by atoms with E-state index in [4.69, 9.17) is 5.11 Å². The van der Waals surface area contributed by atoms with Gasteiger partial charge >= 0.3 is 0 Å². The second-order valence-electron chi connectivity index (χ2n) is 2.98. The van der Waals surface area contributed by atoms with E-state index < -0.39 is 6.10 Å². The number of nitrogens with zero attached hydrogens (tertiary/aromatic N) is 3. The number of rotatable bonds is 3. The van der Waals surface area contributed by atoms with Gasteiger partial charge < -0.3 is 15.2 Å². The minimum Gasteiger partial charge on any atom is -0.394 e. The number of aliphatic hydroxyl groups excluding tert-OH is 2.